The normalized spacial score (nSPS) is 11.4. The van der Waals surface area contributed by atoms with Crippen molar-refractivity contribution in [2.75, 3.05) is 0 Å². The zero-order valence-electron chi connectivity index (χ0n) is 10.9. The Bertz CT molecular complexity index is 733. The van der Waals surface area contributed by atoms with Gasteiger partial charge in [0.05, 0.1) is 11.8 Å². The minimum absolute atomic E-state index is 0. The number of hydrogen-bond acceptors (Lipinski definition) is 0. The fourth-order valence-electron chi connectivity index (χ4n) is 2.17. The average molecular weight is 357 g/mol. The molecule has 0 spiro atoms. The minimum atomic E-state index is -4.28. The smallest absolute Gasteiger partial charge is 0.416 e. The molecule has 3 aromatic rings. The molecule has 2 heterocycles. The summed E-state index contributed by atoms with van der Waals surface area (Å²) < 4.78 is 41.4. The number of hydrogen-bond donors (Lipinski definition) is 0. The Morgan fingerprint density at radius 2 is 1.67 bits per heavy atom. The van der Waals surface area contributed by atoms with E-state index in [9.17, 15) is 13.2 Å². The summed E-state index contributed by atoms with van der Waals surface area (Å²) in [6, 6.07) is 11.1. The summed E-state index contributed by atoms with van der Waals surface area (Å²) in [5.41, 5.74) is 1.21. The average Bonchev–Trinajstić information content (AvgIpc) is 2.82. The molecule has 1 aromatic carbocycles. The van der Waals surface area contributed by atoms with Gasteiger partial charge in [0.15, 0.2) is 0 Å². The number of aromatic nitrogens is 2. The summed E-state index contributed by atoms with van der Waals surface area (Å²) >= 11 is 0. The van der Waals surface area contributed by atoms with Crippen molar-refractivity contribution in [2.24, 2.45) is 0 Å². The maximum Gasteiger partial charge on any atom is 0.416 e. The van der Waals surface area contributed by atoms with Gasteiger partial charge in [0.1, 0.15) is 18.9 Å². The monoisotopic (exact) mass is 356 g/mol. The number of halogens is 4. The van der Waals surface area contributed by atoms with Crippen LogP contribution in [-0.4, -0.2) is 4.40 Å². The Morgan fingerprint density at radius 1 is 0.952 bits per heavy atom. The van der Waals surface area contributed by atoms with Gasteiger partial charge in [-0.15, -0.1) is 0 Å². The van der Waals surface area contributed by atoms with Gasteiger partial charge in [0.25, 0.3) is 5.65 Å². The first kappa shape index (κ1) is 15.6. The van der Waals surface area contributed by atoms with Crippen LogP contribution in [-0.2, 0) is 12.7 Å². The topological polar surface area (TPSA) is 8.29 Å². The first-order valence-electron chi connectivity index (χ1n) is 6.15. The highest BCUT2D eigenvalue weighted by molar-refractivity contribution is 5.31. The van der Waals surface area contributed by atoms with Gasteiger partial charge in [-0.2, -0.15) is 13.2 Å². The highest BCUT2D eigenvalue weighted by atomic mass is 79.9. The van der Waals surface area contributed by atoms with E-state index in [-0.39, 0.29) is 17.0 Å². The van der Waals surface area contributed by atoms with Crippen LogP contribution in [0.1, 0.15) is 11.1 Å². The third-order valence-electron chi connectivity index (χ3n) is 3.20. The minimum Gasteiger partial charge on any atom is -1.00 e. The predicted molar refractivity (Wildman–Crippen MR) is 68.1 cm³/mol. The highest BCUT2D eigenvalue weighted by Crippen LogP contribution is 2.29. The Labute approximate surface area is 130 Å². The molecule has 0 unspecified atom stereocenters. The fraction of sp³-hybridized carbons (Fsp3) is 0.133. The van der Waals surface area contributed by atoms with Crippen LogP contribution >= 0.6 is 0 Å². The lowest BCUT2D eigenvalue weighted by molar-refractivity contribution is -0.661. The quantitative estimate of drug-likeness (QED) is 0.584. The maximum absolute atomic E-state index is 12.5. The molecule has 2 nitrogen and oxygen atoms in total. The van der Waals surface area contributed by atoms with E-state index >= 15 is 0 Å². The lowest BCUT2D eigenvalue weighted by Gasteiger charge is -2.06. The number of nitrogens with zero attached hydrogens (tertiary/aromatic N) is 2. The molecule has 6 heteroatoms. The molecule has 0 saturated heterocycles. The molecular formula is C15H12BrF3N2. The van der Waals surface area contributed by atoms with Crippen molar-refractivity contribution < 1.29 is 34.7 Å². The van der Waals surface area contributed by atoms with E-state index in [4.69, 9.17) is 0 Å². The van der Waals surface area contributed by atoms with Crippen molar-refractivity contribution in [3.63, 3.8) is 0 Å². The largest absolute Gasteiger partial charge is 1.00 e. The van der Waals surface area contributed by atoms with Gasteiger partial charge in [-0.1, -0.05) is 18.2 Å². The molecule has 0 aliphatic heterocycles. The van der Waals surface area contributed by atoms with Crippen molar-refractivity contribution in [2.45, 2.75) is 12.7 Å². The SMILES string of the molecule is FC(F)(F)c1ccc(C[n+]2ccn3ccccc32)cc1.[Br-]. The molecule has 21 heavy (non-hydrogen) atoms. The summed E-state index contributed by atoms with van der Waals surface area (Å²) in [7, 11) is 0. The van der Waals surface area contributed by atoms with E-state index in [1.807, 2.05) is 45.8 Å². The second-order valence-electron chi connectivity index (χ2n) is 4.59. The molecule has 0 saturated carbocycles. The first-order valence-corrected chi connectivity index (χ1v) is 6.15. The summed E-state index contributed by atoms with van der Waals surface area (Å²) in [6.07, 6.45) is 1.47. The molecule has 0 amide bonds. The molecule has 0 N–H and O–H groups in total. The number of fused-ring (bicyclic) bond motifs is 1. The Balaban J connectivity index is 0.00000161. The molecule has 0 fully saturated rings. The number of alkyl halides is 3. The van der Waals surface area contributed by atoms with Crippen LogP contribution in [0, 0.1) is 0 Å². The van der Waals surface area contributed by atoms with Gasteiger partial charge >= 0.3 is 6.18 Å². The first-order chi connectivity index (χ1) is 9.54. The lowest BCUT2D eigenvalue weighted by atomic mass is 10.1. The van der Waals surface area contributed by atoms with Crippen LogP contribution in [0.3, 0.4) is 0 Å². The van der Waals surface area contributed by atoms with Crippen LogP contribution in [0.4, 0.5) is 13.2 Å². The molecule has 0 atom stereocenters. The molecule has 0 aliphatic carbocycles. The van der Waals surface area contributed by atoms with Crippen molar-refractivity contribution in [1.82, 2.24) is 4.40 Å². The second kappa shape index (κ2) is 5.89. The van der Waals surface area contributed by atoms with Crippen LogP contribution in [0.25, 0.3) is 5.65 Å². The van der Waals surface area contributed by atoms with E-state index in [0.29, 0.717) is 6.54 Å². The fourth-order valence-corrected chi connectivity index (χ4v) is 2.17. The van der Waals surface area contributed by atoms with Gasteiger partial charge in [0.2, 0.25) is 0 Å². The van der Waals surface area contributed by atoms with E-state index in [0.717, 1.165) is 23.3 Å². The van der Waals surface area contributed by atoms with Crippen molar-refractivity contribution in [3.05, 3.63) is 72.2 Å². The Kier molecular flexibility index (Phi) is 4.37. The van der Waals surface area contributed by atoms with Crippen LogP contribution in [0.2, 0.25) is 0 Å². The van der Waals surface area contributed by atoms with Crippen molar-refractivity contribution in [3.8, 4) is 0 Å². The Morgan fingerprint density at radius 3 is 2.33 bits per heavy atom. The summed E-state index contributed by atoms with van der Waals surface area (Å²) in [4.78, 5) is 0. The third kappa shape index (κ3) is 3.26. The number of imidazole rings is 1. The van der Waals surface area contributed by atoms with Crippen LogP contribution in [0.5, 0.6) is 0 Å². The van der Waals surface area contributed by atoms with Crippen molar-refractivity contribution >= 4 is 5.65 Å². The van der Waals surface area contributed by atoms with E-state index in [2.05, 4.69) is 0 Å². The molecular weight excluding hydrogens is 345 g/mol. The number of rotatable bonds is 2. The molecule has 110 valence electrons. The van der Waals surface area contributed by atoms with Gasteiger partial charge in [-0.3, -0.25) is 0 Å². The summed E-state index contributed by atoms with van der Waals surface area (Å²) in [5.74, 6) is 0. The number of pyridine rings is 1. The third-order valence-corrected chi connectivity index (χ3v) is 3.20. The zero-order chi connectivity index (χ0) is 14.2. The second-order valence-corrected chi connectivity index (χ2v) is 4.59. The van der Waals surface area contributed by atoms with Gasteiger partial charge in [0, 0.05) is 6.07 Å². The number of benzene rings is 1. The summed E-state index contributed by atoms with van der Waals surface area (Å²) in [5, 5.41) is 0. The molecule has 0 aliphatic rings. The maximum atomic E-state index is 12.5. The zero-order valence-corrected chi connectivity index (χ0v) is 12.5. The lowest BCUT2D eigenvalue weighted by Crippen LogP contribution is -3.00. The van der Waals surface area contributed by atoms with Gasteiger partial charge < -0.3 is 17.0 Å². The molecule has 3 rings (SSSR count). The van der Waals surface area contributed by atoms with Gasteiger partial charge in [-0.25, -0.2) is 8.97 Å². The van der Waals surface area contributed by atoms with Gasteiger partial charge in [-0.05, 0) is 23.8 Å². The molecule has 0 radical (unpaired) electrons. The predicted octanol–water partition coefficient (Wildman–Crippen LogP) is 0.298. The molecule has 2 aromatic heterocycles. The summed E-state index contributed by atoms with van der Waals surface area (Å²) in [6.45, 7) is 0.540. The van der Waals surface area contributed by atoms with E-state index in [1.54, 1.807) is 0 Å². The standard InChI is InChI=1S/C15H12F3N2.BrH/c16-15(17,18)13-6-4-12(5-7-13)11-20-10-9-19-8-2-1-3-14(19)20;/h1-10H,11H2;1H/q+1;/p-1. The highest BCUT2D eigenvalue weighted by Gasteiger charge is 2.29. The molecule has 0 bridgehead atoms. The van der Waals surface area contributed by atoms with Crippen molar-refractivity contribution in [1.29, 1.82) is 0 Å². The van der Waals surface area contributed by atoms with Crippen LogP contribution < -0.4 is 21.5 Å². The van der Waals surface area contributed by atoms with E-state index in [1.165, 1.54) is 12.1 Å². The van der Waals surface area contributed by atoms with Crippen LogP contribution in [0.15, 0.2) is 61.1 Å². The van der Waals surface area contributed by atoms with E-state index < -0.39 is 11.7 Å². The Hall–Kier alpha value is -1.82.